The first-order chi connectivity index (χ1) is 12.5. The number of phenols is 2. The summed E-state index contributed by atoms with van der Waals surface area (Å²) >= 11 is 1.30. The summed E-state index contributed by atoms with van der Waals surface area (Å²) in [7, 11) is 1.60. The van der Waals surface area contributed by atoms with E-state index in [9.17, 15) is 20.3 Å². The molecule has 2 N–H and O–H groups in total. The minimum Gasteiger partial charge on any atom is -0.508 e. The largest absolute Gasteiger partial charge is 0.508 e. The van der Waals surface area contributed by atoms with Gasteiger partial charge in [0.1, 0.15) is 11.5 Å². The van der Waals surface area contributed by atoms with E-state index in [2.05, 4.69) is 10.1 Å². The lowest BCUT2D eigenvalue weighted by atomic mass is 10.1. The molecule has 3 rings (SSSR count). The molecular weight excluding hydrogens is 356 g/mol. The Labute approximate surface area is 151 Å². The van der Waals surface area contributed by atoms with Crippen molar-refractivity contribution < 1.29 is 15.1 Å². The van der Waals surface area contributed by atoms with Gasteiger partial charge >= 0.3 is 0 Å². The van der Waals surface area contributed by atoms with E-state index < -0.39 is 4.92 Å². The molecule has 0 fully saturated rings. The van der Waals surface area contributed by atoms with Crippen LogP contribution in [0.3, 0.4) is 0 Å². The summed E-state index contributed by atoms with van der Waals surface area (Å²) in [5, 5.41) is 36.8. The monoisotopic (exact) mass is 370 g/mol. The summed E-state index contributed by atoms with van der Waals surface area (Å²) < 4.78 is 1.48. The van der Waals surface area contributed by atoms with E-state index in [-0.39, 0.29) is 17.2 Å². The standard InChI is InChI=1S/C17H14N4O4S/c1-18-17-20(19-9-11-4-2-3-5-14(11)21(24)25)15(10-26-17)13-7-6-12(22)8-16(13)23/h2-10,22-23H,1H3/b18-17?,19-9+. The molecule has 26 heavy (non-hydrogen) atoms. The van der Waals surface area contributed by atoms with Crippen LogP contribution in [0.1, 0.15) is 5.56 Å². The third kappa shape index (κ3) is 3.33. The van der Waals surface area contributed by atoms with Gasteiger partial charge in [-0.3, -0.25) is 15.1 Å². The highest BCUT2D eigenvalue weighted by atomic mass is 32.1. The molecule has 2 aromatic carbocycles. The molecule has 1 heterocycles. The average Bonchev–Trinajstić information content (AvgIpc) is 3.02. The number of aromatic hydroxyl groups is 2. The second-order valence-corrected chi connectivity index (χ2v) is 6.04. The van der Waals surface area contributed by atoms with Crippen molar-refractivity contribution in [3.63, 3.8) is 0 Å². The molecule has 0 spiro atoms. The fraction of sp³-hybridized carbons (Fsp3) is 0.0588. The molecule has 0 unspecified atom stereocenters. The lowest BCUT2D eigenvalue weighted by molar-refractivity contribution is -0.385. The van der Waals surface area contributed by atoms with Crippen molar-refractivity contribution in [1.82, 2.24) is 4.68 Å². The predicted octanol–water partition coefficient (Wildman–Crippen LogP) is 2.95. The number of benzene rings is 2. The van der Waals surface area contributed by atoms with Crippen molar-refractivity contribution in [3.8, 4) is 22.8 Å². The molecule has 0 saturated carbocycles. The lowest BCUT2D eigenvalue weighted by Crippen LogP contribution is -2.11. The Morgan fingerprint density at radius 2 is 2.00 bits per heavy atom. The molecule has 3 aromatic rings. The van der Waals surface area contributed by atoms with Gasteiger partial charge in [-0.15, -0.1) is 11.3 Å². The fourth-order valence-electron chi connectivity index (χ4n) is 2.37. The second-order valence-electron chi connectivity index (χ2n) is 5.20. The Balaban J connectivity index is 2.12. The van der Waals surface area contributed by atoms with Crippen LogP contribution in [0.25, 0.3) is 11.3 Å². The Morgan fingerprint density at radius 1 is 1.23 bits per heavy atom. The van der Waals surface area contributed by atoms with Gasteiger partial charge in [0.25, 0.3) is 5.69 Å². The van der Waals surface area contributed by atoms with Gasteiger partial charge in [-0.1, -0.05) is 12.1 Å². The van der Waals surface area contributed by atoms with Gasteiger partial charge in [0.05, 0.1) is 22.4 Å². The van der Waals surface area contributed by atoms with Crippen LogP contribution >= 0.6 is 11.3 Å². The summed E-state index contributed by atoms with van der Waals surface area (Å²) in [5.41, 5.74) is 1.28. The Kier molecular flexibility index (Phi) is 4.81. The van der Waals surface area contributed by atoms with Crippen LogP contribution in [-0.2, 0) is 0 Å². The van der Waals surface area contributed by atoms with Crippen molar-refractivity contribution in [2.45, 2.75) is 0 Å². The van der Waals surface area contributed by atoms with Crippen LogP contribution in [0.15, 0.2) is 57.9 Å². The highest BCUT2D eigenvalue weighted by Crippen LogP contribution is 2.32. The fourth-order valence-corrected chi connectivity index (χ4v) is 3.16. The van der Waals surface area contributed by atoms with Crippen molar-refractivity contribution in [3.05, 3.63) is 68.3 Å². The van der Waals surface area contributed by atoms with Gasteiger partial charge in [-0.25, -0.2) is 4.68 Å². The first kappa shape index (κ1) is 17.4. The van der Waals surface area contributed by atoms with Crippen molar-refractivity contribution >= 4 is 23.2 Å². The molecule has 0 radical (unpaired) electrons. The summed E-state index contributed by atoms with van der Waals surface area (Å²) in [5.74, 6) is -0.170. The Hall–Kier alpha value is -3.46. The second kappa shape index (κ2) is 7.19. The zero-order valence-corrected chi connectivity index (χ0v) is 14.4. The lowest BCUT2D eigenvalue weighted by Gasteiger charge is -2.06. The van der Waals surface area contributed by atoms with E-state index in [0.29, 0.717) is 21.6 Å². The summed E-state index contributed by atoms with van der Waals surface area (Å²) in [6, 6.07) is 10.5. The molecule has 0 amide bonds. The van der Waals surface area contributed by atoms with Gasteiger partial charge in [-0.05, 0) is 18.2 Å². The van der Waals surface area contributed by atoms with E-state index in [1.165, 1.54) is 40.4 Å². The molecule has 1 aromatic heterocycles. The number of rotatable bonds is 4. The smallest absolute Gasteiger partial charge is 0.278 e. The maximum absolute atomic E-state index is 11.1. The van der Waals surface area contributed by atoms with Crippen molar-refractivity contribution in [2.24, 2.45) is 10.1 Å². The molecular formula is C17H14N4O4S. The van der Waals surface area contributed by atoms with Crippen LogP contribution in [0.5, 0.6) is 11.5 Å². The topological polar surface area (TPSA) is 113 Å². The zero-order chi connectivity index (χ0) is 18.7. The van der Waals surface area contributed by atoms with Gasteiger partial charge in [0.15, 0.2) is 0 Å². The van der Waals surface area contributed by atoms with Crippen molar-refractivity contribution in [2.75, 3.05) is 7.05 Å². The van der Waals surface area contributed by atoms with Crippen molar-refractivity contribution in [1.29, 1.82) is 0 Å². The van der Waals surface area contributed by atoms with Gasteiger partial charge in [0.2, 0.25) is 4.80 Å². The molecule has 0 aliphatic carbocycles. The minimum absolute atomic E-state index is 0.0585. The molecule has 9 heteroatoms. The summed E-state index contributed by atoms with van der Waals surface area (Å²) in [6.07, 6.45) is 1.38. The number of nitro benzene ring substituents is 1. The van der Waals surface area contributed by atoms with E-state index in [0.717, 1.165) is 0 Å². The Morgan fingerprint density at radius 3 is 2.69 bits per heavy atom. The first-order valence-corrected chi connectivity index (χ1v) is 8.32. The van der Waals surface area contributed by atoms with E-state index in [4.69, 9.17) is 0 Å². The zero-order valence-electron chi connectivity index (χ0n) is 13.6. The normalized spacial score (nSPS) is 12.0. The van der Waals surface area contributed by atoms with Crippen LogP contribution in [0, 0.1) is 10.1 Å². The van der Waals surface area contributed by atoms with Gasteiger partial charge in [-0.2, -0.15) is 5.10 Å². The van der Waals surface area contributed by atoms with E-state index >= 15 is 0 Å². The molecule has 0 saturated heterocycles. The predicted molar refractivity (Wildman–Crippen MR) is 98.7 cm³/mol. The highest BCUT2D eigenvalue weighted by molar-refractivity contribution is 7.07. The first-order valence-electron chi connectivity index (χ1n) is 7.44. The van der Waals surface area contributed by atoms with E-state index in [1.807, 2.05) is 0 Å². The number of hydrogen-bond donors (Lipinski definition) is 2. The van der Waals surface area contributed by atoms with Crippen LogP contribution < -0.4 is 4.80 Å². The Bertz CT molecular complexity index is 1070. The molecule has 132 valence electrons. The maximum atomic E-state index is 11.1. The number of para-hydroxylation sites is 1. The molecule has 0 atom stereocenters. The highest BCUT2D eigenvalue weighted by Gasteiger charge is 2.13. The number of hydrogen-bond acceptors (Lipinski definition) is 7. The van der Waals surface area contributed by atoms with Gasteiger partial charge in [0, 0.05) is 30.1 Å². The number of phenolic OH excluding ortho intramolecular Hbond substituents is 2. The average molecular weight is 370 g/mol. The third-order valence-electron chi connectivity index (χ3n) is 3.58. The number of nitro groups is 1. The summed E-state index contributed by atoms with van der Waals surface area (Å²) in [4.78, 5) is 15.3. The number of aromatic nitrogens is 1. The van der Waals surface area contributed by atoms with E-state index in [1.54, 1.807) is 36.7 Å². The third-order valence-corrected chi connectivity index (χ3v) is 4.49. The van der Waals surface area contributed by atoms with Crippen LogP contribution in [0.2, 0.25) is 0 Å². The molecule has 0 bridgehead atoms. The maximum Gasteiger partial charge on any atom is 0.278 e. The molecule has 8 nitrogen and oxygen atoms in total. The number of nitrogens with zero attached hydrogens (tertiary/aromatic N) is 4. The van der Waals surface area contributed by atoms with Crippen LogP contribution in [0.4, 0.5) is 5.69 Å². The molecule has 0 aliphatic heterocycles. The minimum atomic E-state index is -0.475. The van der Waals surface area contributed by atoms with Crippen LogP contribution in [-0.4, -0.2) is 33.1 Å². The summed E-state index contributed by atoms with van der Waals surface area (Å²) in [6.45, 7) is 0. The quantitative estimate of drug-likeness (QED) is 0.417. The SMILES string of the molecule is CN=c1scc(-c2ccc(O)cc2O)n1/N=C/c1ccccc1[N+](=O)[O-]. The molecule has 0 aliphatic rings. The number of thiazole rings is 1. The van der Waals surface area contributed by atoms with Gasteiger partial charge < -0.3 is 10.2 Å².